The van der Waals surface area contributed by atoms with Crippen LogP contribution < -0.4 is 10.6 Å². The van der Waals surface area contributed by atoms with Gasteiger partial charge in [-0.3, -0.25) is 0 Å². The van der Waals surface area contributed by atoms with E-state index in [0.717, 1.165) is 24.5 Å². The number of amides is 2. The molecule has 3 nitrogen and oxygen atoms in total. The minimum Gasteiger partial charge on any atom is -0.314 e. The van der Waals surface area contributed by atoms with Crippen LogP contribution in [0.15, 0.2) is 36.0 Å². The van der Waals surface area contributed by atoms with Gasteiger partial charge in [-0.25, -0.2) is 4.79 Å². The Morgan fingerprint density at radius 3 is 2.50 bits per heavy atom. The number of para-hydroxylation sites is 1. The number of benzene rings is 1. The molecule has 1 aliphatic carbocycles. The molecule has 1 aromatic rings. The van der Waals surface area contributed by atoms with Crippen LogP contribution >= 0.6 is 0 Å². The van der Waals surface area contributed by atoms with Gasteiger partial charge < -0.3 is 10.6 Å². The zero-order valence-electron chi connectivity index (χ0n) is 12.3. The Labute approximate surface area is 127 Å². The molecule has 0 spiro atoms. The molecule has 1 aliphatic rings. The van der Waals surface area contributed by atoms with Crippen molar-refractivity contribution in [2.24, 2.45) is 5.92 Å². The lowest BCUT2D eigenvalue weighted by Gasteiger charge is -2.14. The van der Waals surface area contributed by atoms with Crippen molar-refractivity contribution in [2.45, 2.75) is 38.8 Å². The van der Waals surface area contributed by atoms with Crippen LogP contribution in [0.1, 0.15) is 38.2 Å². The number of hydrogen-bond donors (Lipinski definition) is 2. The Balaban J connectivity index is 1.99. The molecule has 120 valence electrons. The average molecular weight is 312 g/mol. The summed E-state index contributed by atoms with van der Waals surface area (Å²) in [6.45, 7) is 1.93. The monoisotopic (exact) mass is 312 g/mol. The smallest absolute Gasteiger partial charge is 0.314 e. The zero-order valence-corrected chi connectivity index (χ0v) is 12.3. The van der Waals surface area contributed by atoms with E-state index >= 15 is 0 Å². The minimum absolute atomic E-state index is 0.251. The molecule has 1 fully saturated rings. The van der Waals surface area contributed by atoms with E-state index in [9.17, 15) is 18.0 Å². The van der Waals surface area contributed by atoms with E-state index in [-0.39, 0.29) is 5.69 Å². The van der Waals surface area contributed by atoms with Gasteiger partial charge in [0.15, 0.2) is 0 Å². The van der Waals surface area contributed by atoms with Crippen LogP contribution in [0.25, 0.3) is 0 Å². The quantitative estimate of drug-likeness (QED) is 0.817. The molecule has 1 aromatic carbocycles. The number of anilines is 1. The SMILES string of the molecule is C/C(=C\NC(=O)Nc1ccccc1C(F)(F)F)C1CCCC1. The van der Waals surface area contributed by atoms with Crippen molar-refractivity contribution >= 4 is 11.7 Å². The highest BCUT2D eigenvalue weighted by Gasteiger charge is 2.33. The van der Waals surface area contributed by atoms with Crippen molar-refractivity contribution in [1.29, 1.82) is 0 Å². The fourth-order valence-corrected chi connectivity index (χ4v) is 2.68. The molecule has 0 aromatic heterocycles. The molecule has 0 bridgehead atoms. The highest BCUT2D eigenvalue weighted by atomic mass is 19.4. The summed E-state index contributed by atoms with van der Waals surface area (Å²) in [5, 5.41) is 4.76. The Hall–Kier alpha value is -1.98. The molecule has 6 heteroatoms. The second-order valence-electron chi connectivity index (χ2n) is 5.51. The Bertz CT molecular complexity index is 561. The first kappa shape index (κ1) is 16.4. The predicted molar refractivity (Wildman–Crippen MR) is 79.3 cm³/mol. The third kappa shape index (κ3) is 4.26. The van der Waals surface area contributed by atoms with E-state index < -0.39 is 17.8 Å². The molecule has 0 saturated heterocycles. The number of allylic oxidation sites excluding steroid dienone is 1. The summed E-state index contributed by atoms with van der Waals surface area (Å²) < 4.78 is 38.5. The fourth-order valence-electron chi connectivity index (χ4n) is 2.68. The maximum Gasteiger partial charge on any atom is 0.418 e. The summed E-state index contributed by atoms with van der Waals surface area (Å²) in [6.07, 6.45) is 1.65. The second kappa shape index (κ2) is 6.85. The molecular formula is C16H19F3N2O. The van der Waals surface area contributed by atoms with Gasteiger partial charge in [-0.05, 0) is 37.8 Å². The molecule has 0 heterocycles. The fraction of sp³-hybridized carbons (Fsp3) is 0.438. The first-order valence-corrected chi connectivity index (χ1v) is 7.28. The zero-order chi connectivity index (χ0) is 16.2. The molecule has 0 aliphatic heterocycles. The molecular weight excluding hydrogens is 293 g/mol. The number of alkyl halides is 3. The molecule has 0 atom stereocenters. The summed E-state index contributed by atoms with van der Waals surface area (Å²) in [5.41, 5.74) is -0.0576. The van der Waals surface area contributed by atoms with Crippen LogP contribution in [0.4, 0.5) is 23.7 Å². The number of urea groups is 1. The number of hydrogen-bond acceptors (Lipinski definition) is 1. The Kier molecular flexibility index (Phi) is 5.11. The average Bonchev–Trinajstić information content (AvgIpc) is 2.98. The van der Waals surface area contributed by atoms with Crippen LogP contribution in [-0.2, 0) is 6.18 Å². The van der Waals surface area contributed by atoms with Crippen LogP contribution in [0.5, 0.6) is 0 Å². The molecule has 0 unspecified atom stereocenters. The third-order valence-electron chi connectivity index (χ3n) is 3.91. The summed E-state index contributed by atoms with van der Waals surface area (Å²) in [6, 6.07) is 4.24. The lowest BCUT2D eigenvalue weighted by atomic mass is 10.0. The maximum atomic E-state index is 12.8. The normalized spacial score (nSPS) is 16.6. The van der Waals surface area contributed by atoms with Gasteiger partial charge in [0.2, 0.25) is 0 Å². The topological polar surface area (TPSA) is 41.1 Å². The largest absolute Gasteiger partial charge is 0.418 e. The Morgan fingerprint density at radius 2 is 1.86 bits per heavy atom. The summed E-state index contributed by atoms with van der Waals surface area (Å²) in [5.74, 6) is 0.461. The molecule has 2 amide bonds. The van der Waals surface area contributed by atoms with E-state index in [1.807, 2.05) is 6.92 Å². The van der Waals surface area contributed by atoms with Crippen molar-refractivity contribution in [3.63, 3.8) is 0 Å². The number of carbonyl (C=O) groups is 1. The van der Waals surface area contributed by atoms with Crippen molar-refractivity contribution in [2.75, 3.05) is 5.32 Å². The van der Waals surface area contributed by atoms with E-state index in [0.29, 0.717) is 5.92 Å². The van der Waals surface area contributed by atoms with Gasteiger partial charge >= 0.3 is 12.2 Å². The first-order chi connectivity index (χ1) is 10.4. The van der Waals surface area contributed by atoms with Crippen molar-refractivity contribution in [3.05, 3.63) is 41.6 Å². The number of carbonyl (C=O) groups excluding carboxylic acids is 1. The maximum absolute atomic E-state index is 12.8. The van der Waals surface area contributed by atoms with E-state index in [1.165, 1.54) is 31.0 Å². The Morgan fingerprint density at radius 1 is 1.23 bits per heavy atom. The summed E-state index contributed by atoms with van der Waals surface area (Å²) in [4.78, 5) is 11.8. The highest BCUT2D eigenvalue weighted by molar-refractivity contribution is 5.90. The standard InChI is InChI=1S/C16H19F3N2O/c1-11(12-6-2-3-7-12)10-20-15(22)21-14-9-5-4-8-13(14)16(17,18)19/h4-5,8-10,12H,2-3,6-7H2,1H3,(H2,20,21,22)/b11-10+. The van der Waals surface area contributed by atoms with Crippen molar-refractivity contribution in [3.8, 4) is 0 Å². The lowest BCUT2D eigenvalue weighted by Crippen LogP contribution is -2.26. The van der Waals surface area contributed by atoms with Gasteiger partial charge in [0.05, 0.1) is 11.3 Å². The van der Waals surface area contributed by atoms with E-state index in [2.05, 4.69) is 10.6 Å². The van der Waals surface area contributed by atoms with Crippen LogP contribution in [0, 0.1) is 5.92 Å². The van der Waals surface area contributed by atoms with Crippen LogP contribution in [0.3, 0.4) is 0 Å². The van der Waals surface area contributed by atoms with Gasteiger partial charge in [0.1, 0.15) is 0 Å². The number of nitrogens with one attached hydrogen (secondary N) is 2. The van der Waals surface area contributed by atoms with Crippen LogP contribution in [0.2, 0.25) is 0 Å². The van der Waals surface area contributed by atoms with Gasteiger partial charge in [-0.1, -0.05) is 30.5 Å². The molecule has 1 saturated carbocycles. The van der Waals surface area contributed by atoms with Crippen molar-refractivity contribution < 1.29 is 18.0 Å². The molecule has 0 radical (unpaired) electrons. The summed E-state index contributed by atoms with van der Waals surface area (Å²) >= 11 is 0. The first-order valence-electron chi connectivity index (χ1n) is 7.28. The molecule has 2 rings (SSSR count). The third-order valence-corrected chi connectivity index (χ3v) is 3.91. The van der Waals surface area contributed by atoms with Crippen molar-refractivity contribution in [1.82, 2.24) is 5.32 Å². The van der Waals surface area contributed by atoms with E-state index in [1.54, 1.807) is 6.20 Å². The molecule has 22 heavy (non-hydrogen) atoms. The van der Waals surface area contributed by atoms with Crippen LogP contribution in [-0.4, -0.2) is 6.03 Å². The lowest BCUT2D eigenvalue weighted by molar-refractivity contribution is -0.136. The minimum atomic E-state index is -4.50. The number of rotatable bonds is 3. The van der Waals surface area contributed by atoms with Gasteiger partial charge in [-0.2, -0.15) is 13.2 Å². The summed E-state index contributed by atoms with van der Waals surface area (Å²) in [7, 11) is 0. The van der Waals surface area contributed by atoms with Gasteiger partial charge in [-0.15, -0.1) is 0 Å². The second-order valence-corrected chi connectivity index (χ2v) is 5.51. The highest BCUT2D eigenvalue weighted by Crippen LogP contribution is 2.34. The molecule has 2 N–H and O–H groups in total. The van der Waals surface area contributed by atoms with Gasteiger partial charge in [0.25, 0.3) is 0 Å². The van der Waals surface area contributed by atoms with E-state index in [4.69, 9.17) is 0 Å². The number of halogens is 3. The van der Waals surface area contributed by atoms with Gasteiger partial charge in [0, 0.05) is 6.20 Å². The predicted octanol–water partition coefficient (Wildman–Crippen LogP) is 4.92.